The van der Waals surface area contributed by atoms with Crippen LogP contribution in [0, 0.1) is 5.82 Å². The van der Waals surface area contributed by atoms with Crippen LogP contribution in [0.1, 0.15) is 29.3 Å². The number of benzene rings is 2. The van der Waals surface area contributed by atoms with Gasteiger partial charge in [-0.2, -0.15) is 0 Å². The summed E-state index contributed by atoms with van der Waals surface area (Å²) in [5, 5.41) is 4.47. The highest BCUT2D eigenvalue weighted by Gasteiger charge is 2.11. The minimum Gasteiger partial charge on any atom is -0.372 e. The molecule has 0 bridgehead atoms. The molecule has 208 valence electrons. The van der Waals surface area contributed by atoms with Crippen molar-refractivity contribution in [3.63, 3.8) is 0 Å². The van der Waals surface area contributed by atoms with E-state index >= 15 is 0 Å². The summed E-state index contributed by atoms with van der Waals surface area (Å²) in [5.74, 6) is 2.93. The lowest BCUT2D eigenvalue weighted by atomic mass is 10.2. The zero-order valence-corrected chi connectivity index (χ0v) is 23.9. The second-order valence-electron chi connectivity index (χ2n) is 8.94. The lowest BCUT2D eigenvalue weighted by Crippen LogP contribution is -2.25. The second-order valence-corrected chi connectivity index (χ2v) is 10.9. The molecule has 1 atom stereocenters. The van der Waals surface area contributed by atoms with Crippen molar-refractivity contribution >= 4 is 47.5 Å². The zero-order valence-electron chi connectivity index (χ0n) is 23.0. The standard InChI is InChI=1S/C16H16FN3O.C15H14N3OP/c1-3-16(20(2)14-5-4-8-18-10-14)19-15-7-6-13(17)9-12(15)11-21;1-16-14-13-12(19)7-8-20(15(13)18-10-17-14)9-11-5-3-2-4-6-11/h4-11H,3H2,1-2H3;2-8,10H,9H2,1H3,(H,16,17,18). The molecule has 0 aliphatic heterocycles. The summed E-state index contributed by atoms with van der Waals surface area (Å²) in [7, 11) is 3.05. The normalized spacial score (nSPS) is 11.4. The van der Waals surface area contributed by atoms with Gasteiger partial charge in [-0.15, -0.1) is 0 Å². The summed E-state index contributed by atoms with van der Waals surface area (Å²) < 4.78 is 13.2. The smallest absolute Gasteiger partial charge is 0.192 e. The first-order valence-electron chi connectivity index (χ1n) is 13.0. The number of rotatable bonds is 7. The van der Waals surface area contributed by atoms with Crippen LogP contribution in [0.3, 0.4) is 0 Å². The summed E-state index contributed by atoms with van der Waals surface area (Å²) in [5.41, 5.74) is 2.83. The quantitative estimate of drug-likeness (QED) is 0.133. The zero-order chi connectivity index (χ0) is 29.2. The van der Waals surface area contributed by atoms with E-state index in [1.54, 1.807) is 25.5 Å². The average molecular weight is 569 g/mol. The van der Waals surface area contributed by atoms with E-state index in [0.29, 0.717) is 29.6 Å². The van der Waals surface area contributed by atoms with Crippen molar-refractivity contribution in [2.24, 2.45) is 4.99 Å². The Morgan fingerprint density at radius 2 is 1.90 bits per heavy atom. The van der Waals surface area contributed by atoms with Gasteiger partial charge in [0.2, 0.25) is 0 Å². The monoisotopic (exact) mass is 568 g/mol. The van der Waals surface area contributed by atoms with E-state index in [4.69, 9.17) is 0 Å². The van der Waals surface area contributed by atoms with E-state index in [2.05, 4.69) is 37.4 Å². The Morgan fingerprint density at radius 1 is 1.10 bits per heavy atom. The van der Waals surface area contributed by atoms with Gasteiger partial charge in [-0.05, 0) is 47.8 Å². The number of anilines is 2. The second kappa shape index (κ2) is 14.1. The Kier molecular flexibility index (Phi) is 10.0. The van der Waals surface area contributed by atoms with Gasteiger partial charge in [-0.3, -0.25) is 14.6 Å². The molecule has 5 rings (SSSR count). The van der Waals surface area contributed by atoms with Crippen LogP contribution in [-0.4, -0.2) is 41.2 Å². The van der Waals surface area contributed by atoms with Crippen molar-refractivity contribution in [2.75, 3.05) is 24.3 Å². The van der Waals surface area contributed by atoms with Crippen LogP contribution in [0.2, 0.25) is 0 Å². The molecule has 0 amide bonds. The minimum atomic E-state index is -0.605. The highest BCUT2D eigenvalue weighted by molar-refractivity contribution is 7.53. The molecule has 0 aliphatic carbocycles. The average Bonchev–Trinajstić information content (AvgIpc) is 3.02. The molecule has 5 aromatic rings. The van der Waals surface area contributed by atoms with Crippen molar-refractivity contribution < 1.29 is 9.18 Å². The van der Waals surface area contributed by atoms with Crippen molar-refractivity contribution in [1.29, 1.82) is 0 Å². The number of fused-ring (bicyclic) bond motifs is 1. The first-order chi connectivity index (χ1) is 19.9. The molecule has 3 aromatic heterocycles. The maximum atomic E-state index is 13.2. The Hall–Kier alpha value is -4.75. The molecule has 2 aromatic carbocycles. The number of aliphatic imine (C=N–C) groups is 1. The van der Waals surface area contributed by atoms with E-state index in [1.165, 1.54) is 30.1 Å². The summed E-state index contributed by atoms with van der Waals surface area (Å²) in [6.07, 6.45) is 7.13. The number of hydrogen-bond acceptors (Lipinski definition) is 7. The fraction of sp³-hybridized carbons (Fsp3) is 0.161. The molecule has 41 heavy (non-hydrogen) atoms. The summed E-state index contributed by atoms with van der Waals surface area (Å²) in [6, 6.07) is 19.7. The molecule has 0 aliphatic rings. The molecular formula is C31H30FN6O2P. The molecule has 0 spiro atoms. The third-order valence-corrected chi connectivity index (χ3v) is 8.38. The fourth-order valence-corrected chi connectivity index (χ4v) is 6.20. The van der Waals surface area contributed by atoms with E-state index in [0.717, 1.165) is 22.9 Å². The maximum Gasteiger partial charge on any atom is 0.192 e. The predicted octanol–water partition coefficient (Wildman–Crippen LogP) is 6.68. The van der Waals surface area contributed by atoms with Crippen molar-refractivity contribution in [2.45, 2.75) is 19.5 Å². The maximum absolute atomic E-state index is 13.2. The van der Waals surface area contributed by atoms with Gasteiger partial charge in [0, 0.05) is 38.4 Å². The van der Waals surface area contributed by atoms with E-state index in [-0.39, 0.29) is 11.0 Å². The first-order valence-corrected chi connectivity index (χ1v) is 14.6. The molecule has 0 fully saturated rings. The molecule has 1 N–H and O–H groups in total. The van der Waals surface area contributed by atoms with Crippen LogP contribution >= 0.6 is 7.53 Å². The Balaban J connectivity index is 0.000000189. The molecule has 3 heterocycles. The first kappa shape index (κ1) is 29.2. The number of aldehydes is 1. The largest absolute Gasteiger partial charge is 0.372 e. The number of carbonyl (C=O) groups excluding carboxylic acids is 1. The Labute approximate surface area is 238 Å². The third kappa shape index (κ3) is 7.26. The topological polar surface area (TPSA) is 100 Å². The van der Waals surface area contributed by atoms with Gasteiger partial charge in [0.15, 0.2) is 11.7 Å². The SMILES string of the molecule is CCC(=Nc1ccc(F)cc1C=O)N(C)c1cccnc1.CNc1ncnc2c1c(=O)ccp2Cc1ccccc1. The summed E-state index contributed by atoms with van der Waals surface area (Å²) >= 11 is 0. The van der Waals surface area contributed by atoms with E-state index in [9.17, 15) is 14.0 Å². The van der Waals surface area contributed by atoms with Crippen LogP contribution < -0.4 is 15.6 Å². The van der Waals surface area contributed by atoms with Crippen LogP contribution in [0.25, 0.3) is 10.6 Å². The minimum absolute atomic E-state index is 0.0169. The van der Waals surface area contributed by atoms with Crippen LogP contribution in [0.4, 0.5) is 21.6 Å². The van der Waals surface area contributed by atoms with Crippen molar-refractivity contribution in [3.8, 4) is 0 Å². The van der Waals surface area contributed by atoms with Crippen LogP contribution in [0.15, 0.2) is 101 Å². The molecule has 10 heteroatoms. The summed E-state index contributed by atoms with van der Waals surface area (Å²) in [6.45, 7) is 1.97. The molecule has 1 unspecified atom stereocenters. The highest BCUT2D eigenvalue weighted by atomic mass is 31.1. The molecule has 0 saturated heterocycles. The number of carbonyl (C=O) groups is 1. The number of hydrogen-bond donors (Lipinski definition) is 1. The Morgan fingerprint density at radius 3 is 2.59 bits per heavy atom. The molecular weight excluding hydrogens is 538 g/mol. The molecule has 8 nitrogen and oxygen atoms in total. The van der Waals surface area contributed by atoms with Gasteiger partial charge in [-0.25, -0.2) is 19.4 Å². The van der Waals surface area contributed by atoms with E-state index < -0.39 is 13.4 Å². The van der Waals surface area contributed by atoms with Gasteiger partial charge in [0.25, 0.3) is 0 Å². The molecule has 0 radical (unpaired) electrons. The lowest BCUT2D eigenvalue weighted by Gasteiger charge is -2.20. The molecule has 0 saturated carbocycles. The van der Waals surface area contributed by atoms with Gasteiger partial charge in [0.1, 0.15) is 23.8 Å². The number of pyridine rings is 1. The highest BCUT2D eigenvalue weighted by Crippen LogP contribution is 2.38. The van der Waals surface area contributed by atoms with E-state index in [1.807, 2.05) is 55.0 Å². The van der Waals surface area contributed by atoms with Crippen LogP contribution in [0.5, 0.6) is 0 Å². The third-order valence-electron chi connectivity index (χ3n) is 6.29. The lowest BCUT2D eigenvalue weighted by molar-refractivity contribution is 0.112. The number of halogens is 1. The van der Waals surface area contributed by atoms with Crippen LogP contribution in [-0.2, 0) is 6.16 Å². The van der Waals surface area contributed by atoms with Gasteiger partial charge in [0.05, 0.1) is 28.2 Å². The predicted molar refractivity (Wildman–Crippen MR) is 165 cm³/mol. The fourth-order valence-electron chi connectivity index (χ4n) is 4.18. The van der Waals surface area contributed by atoms with Gasteiger partial charge < -0.3 is 10.2 Å². The number of amidine groups is 1. The summed E-state index contributed by atoms with van der Waals surface area (Å²) in [4.78, 5) is 42.0. The number of nitrogens with one attached hydrogen (secondary N) is 1. The Bertz CT molecular complexity index is 1710. The number of nitrogens with zero attached hydrogens (tertiary/aromatic N) is 5. The van der Waals surface area contributed by atoms with Gasteiger partial charge in [-0.1, -0.05) is 44.8 Å². The number of aromatic nitrogens is 3. The van der Waals surface area contributed by atoms with Crippen molar-refractivity contribution in [3.05, 3.63) is 118 Å². The van der Waals surface area contributed by atoms with Gasteiger partial charge >= 0.3 is 0 Å². The van der Waals surface area contributed by atoms with Crippen molar-refractivity contribution in [1.82, 2.24) is 15.0 Å².